The van der Waals surface area contributed by atoms with Crippen LogP contribution in [0.25, 0.3) is 0 Å². The molecule has 0 spiro atoms. The zero-order valence-corrected chi connectivity index (χ0v) is 18.3. The normalized spacial score (nSPS) is 10.9. The highest BCUT2D eigenvalue weighted by molar-refractivity contribution is 6.41. The van der Waals surface area contributed by atoms with Crippen molar-refractivity contribution in [3.05, 3.63) is 85.8 Å². The number of ether oxygens (including phenoxy) is 2. The van der Waals surface area contributed by atoms with Crippen molar-refractivity contribution < 1.29 is 9.47 Å². The van der Waals surface area contributed by atoms with Crippen LogP contribution in [0.15, 0.2) is 59.7 Å². The van der Waals surface area contributed by atoms with Crippen molar-refractivity contribution in [1.82, 2.24) is 0 Å². The van der Waals surface area contributed by atoms with Crippen molar-refractivity contribution >= 4 is 58.3 Å². The average molecular weight is 470 g/mol. The summed E-state index contributed by atoms with van der Waals surface area (Å²) in [7, 11) is 1.57. The number of hydrazone groups is 1. The number of halogens is 4. The summed E-state index contributed by atoms with van der Waals surface area (Å²) in [5, 5.41) is 6.03. The van der Waals surface area contributed by atoms with Crippen LogP contribution < -0.4 is 14.9 Å². The minimum atomic E-state index is 0.332. The first kappa shape index (κ1) is 21.6. The van der Waals surface area contributed by atoms with Crippen molar-refractivity contribution in [2.24, 2.45) is 5.10 Å². The molecule has 3 aromatic carbocycles. The van der Waals surface area contributed by atoms with E-state index in [-0.39, 0.29) is 0 Å². The van der Waals surface area contributed by atoms with E-state index < -0.39 is 0 Å². The Morgan fingerprint density at radius 2 is 1.62 bits per heavy atom. The summed E-state index contributed by atoms with van der Waals surface area (Å²) in [5.74, 6) is 1.17. The molecule has 0 radical (unpaired) electrons. The summed E-state index contributed by atoms with van der Waals surface area (Å²) < 4.78 is 11.3. The first-order valence-electron chi connectivity index (χ1n) is 8.46. The number of nitrogens with one attached hydrogen (secondary N) is 1. The van der Waals surface area contributed by atoms with Crippen molar-refractivity contribution in [2.45, 2.75) is 6.61 Å². The second kappa shape index (κ2) is 10.1. The molecule has 4 nitrogen and oxygen atoms in total. The number of methoxy groups -OCH3 is 1. The highest BCUT2D eigenvalue weighted by Gasteiger charge is 2.08. The van der Waals surface area contributed by atoms with Gasteiger partial charge in [-0.15, -0.1) is 0 Å². The molecule has 0 heterocycles. The lowest BCUT2D eigenvalue weighted by molar-refractivity contribution is 0.284. The number of nitrogens with zero attached hydrogens (tertiary/aromatic N) is 1. The van der Waals surface area contributed by atoms with Crippen molar-refractivity contribution in [3.8, 4) is 11.5 Å². The van der Waals surface area contributed by atoms with E-state index in [1.165, 1.54) is 0 Å². The molecule has 0 aliphatic rings. The summed E-state index contributed by atoms with van der Waals surface area (Å²) >= 11 is 24.3. The first-order valence-corrected chi connectivity index (χ1v) is 9.97. The molecule has 0 aliphatic carbocycles. The zero-order valence-electron chi connectivity index (χ0n) is 15.3. The van der Waals surface area contributed by atoms with Gasteiger partial charge in [-0.1, -0.05) is 64.6 Å². The van der Waals surface area contributed by atoms with Gasteiger partial charge in [0, 0.05) is 15.6 Å². The Hall–Kier alpha value is -2.11. The van der Waals surface area contributed by atoms with Gasteiger partial charge in [0.05, 0.1) is 29.1 Å². The maximum Gasteiger partial charge on any atom is 0.161 e. The van der Waals surface area contributed by atoms with Gasteiger partial charge in [-0.2, -0.15) is 5.10 Å². The highest BCUT2D eigenvalue weighted by atomic mass is 35.5. The van der Waals surface area contributed by atoms with Gasteiger partial charge in [-0.3, -0.25) is 5.43 Å². The molecule has 1 N–H and O–H groups in total. The van der Waals surface area contributed by atoms with E-state index in [0.717, 1.165) is 11.1 Å². The summed E-state index contributed by atoms with van der Waals surface area (Å²) in [6.07, 6.45) is 1.61. The highest BCUT2D eigenvalue weighted by Crippen LogP contribution is 2.34. The van der Waals surface area contributed by atoms with Crippen molar-refractivity contribution in [2.75, 3.05) is 12.5 Å². The molecular formula is C21H16Cl4N2O2. The Morgan fingerprint density at radius 3 is 2.31 bits per heavy atom. The van der Waals surface area contributed by atoms with Crippen LogP contribution in [0.1, 0.15) is 11.1 Å². The van der Waals surface area contributed by atoms with Gasteiger partial charge in [-0.25, -0.2) is 0 Å². The molecule has 0 saturated heterocycles. The largest absolute Gasteiger partial charge is 0.493 e. The molecule has 150 valence electrons. The number of benzene rings is 3. The van der Waals surface area contributed by atoms with Crippen LogP contribution in [0.5, 0.6) is 11.5 Å². The smallest absolute Gasteiger partial charge is 0.161 e. The molecule has 0 bridgehead atoms. The molecular weight excluding hydrogens is 454 g/mol. The second-order valence-electron chi connectivity index (χ2n) is 5.90. The lowest BCUT2D eigenvalue weighted by atomic mass is 10.2. The standard InChI is InChI=1S/C21H16Cl4N2O2/c1-28-20-8-13(11-26-27-21-17(24)9-15(22)10-18(21)25)6-7-19(20)29-12-14-4-2-3-5-16(14)23/h2-11,27H,12H2,1H3. The molecule has 0 amide bonds. The minimum absolute atomic E-state index is 0.332. The fourth-order valence-electron chi connectivity index (χ4n) is 2.48. The van der Waals surface area contributed by atoms with Crippen LogP contribution in [0.4, 0.5) is 5.69 Å². The molecule has 3 rings (SSSR count). The van der Waals surface area contributed by atoms with Gasteiger partial charge < -0.3 is 9.47 Å². The SMILES string of the molecule is COc1cc(C=NNc2c(Cl)cc(Cl)cc2Cl)ccc1OCc1ccccc1Cl. The lowest BCUT2D eigenvalue weighted by Gasteiger charge is -2.12. The van der Waals surface area contributed by atoms with Crippen molar-refractivity contribution in [1.29, 1.82) is 0 Å². The maximum atomic E-state index is 6.17. The van der Waals surface area contributed by atoms with Gasteiger partial charge in [0.15, 0.2) is 11.5 Å². The van der Waals surface area contributed by atoms with E-state index in [4.69, 9.17) is 55.9 Å². The minimum Gasteiger partial charge on any atom is -0.493 e. The predicted molar refractivity (Wildman–Crippen MR) is 121 cm³/mol. The van der Waals surface area contributed by atoms with E-state index in [9.17, 15) is 0 Å². The summed E-state index contributed by atoms with van der Waals surface area (Å²) in [6.45, 7) is 0.332. The van der Waals surface area contributed by atoms with E-state index in [0.29, 0.717) is 43.9 Å². The first-order chi connectivity index (χ1) is 14.0. The van der Waals surface area contributed by atoms with Crippen LogP contribution in [-0.2, 0) is 6.61 Å². The number of hydrogen-bond acceptors (Lipinski definition) is 4. The molecule has 8 heteroatoms. The van der Waals surface area contributed by atoms with Gasteiger partial charge in [-0.05, 0) is 42.0 Å². The fraction of sp³-hybridized carbons (Fsp3) is 0.0952. The average Bonchev–Trinajstić information content (AvgIpc) is 2.69. The number of anilines is 1. The van der Waals surface area contributed by atoms with Crippen LogP contribution in [0.2, 0.25) is 20.1 Å². The Labute approximate surface area is 188 Å². The molecule has 0 fully saturated rings. The molecule has 3 aromatic rings. The Kier molecular flexibility index (Phi) is 7.51. The second-order valence-corrected chi connectivity index (χ2v) is 7.56. The molecule has 0 unspecified atom stereocenters. The van der Waals surface area contributed by atoms with E-state index >= 15 is 0 Å². The summed E-state index contributed by atoms with van der Waals surface area (Å²) in [5.41, 5.74) is 4.98. The molecule has 0 aliphatic heterocycles. The monoisotopic (exact) mass is 468 g/mol. The summed E-state index contributed by atoms with van der Waals surface area (Å²) in [4.78, 5) is 0. The number of hydrogen-bond donors (Lipinski definition) is 1. The van der Waals surface area contributed by atoms with Gasteiger partial charge >= 0.3 is 0 Å². The fourth-order valence-corrected chi connectivity index (χ4v) is 3.57. The Morgan fingerprint density at radius 1 is 0.897 bits per heavy atom. The van der Waals surface area contributed by atoms with Gasteiger partial charge in [0.1, 0.15) is 6.61 Å². The predicted octanol–water partition coefficient (Wildman–Crippen LogP) is 7.33. The molecule has 0 aromatic heterocycles. The molecule has 0 saturated carbocycles. The van der Waals surface area contributed by atoms with Crippen LogP contribution in [0.3, 0.4) is 0 Å². The van der Waals surface area contributed by atoms with Gasteiger partial charge in [0.2, 0.25) is 0 Å². The number of rotatable bonds is 7. The van der Waals surface area contributed by atoms with E-state index in [1.807, 2.05) is 30.3 Å². The van der Waals surface area contributed by atoms with E-state index in [2.05, 4.69) is 10.5 Å². The van der Waals surface area contributed by atoms with Crippen LogP contribution >= 0.6 is 46.4 Å². The van der Waals surface area contributed by atoms with E-state index in [1.54, 1.807) is 37.6 Å². The zero-order chi connectivity index (χ0) is 20.8. The van der Waals surface area contributed by atoms with Gasteiger partial charge in [0.25, 0.3) is 0 Å². The Bertz CT molecular complexity index is 1020. The molecule has 29 heavy (non-hydrogen) atoms. The van der Waals surface area contributed by atoms with Crippen molar-refractivity contribution in [3.63, 3.8) is 0 Å². The summed E-state index contributed by atoms with van der Waals surface area (Å²) in [6, 6.07) is 16.1. The third-order valence-electron chi connectivity index (χ3n) is 3.93. The maximum absolute atomic E-state index is 6.17. The lowest BCUT2D eigenvalue weighted by Crippen LogP contribution is -1.99. The Balaban J connectivity index is 1.70. The van der Waals surface area contributed by atoms with Crippen LogP contribution in [-0.4, -0.2) is 13.3 Å². The van der Waals surface area contributed by atoms with Crippen LogP contribution in [0, 0.1) is 0 Å². The molecule has 0 atom stereocenters. The third kappa shape index (κ3) is 5.71. The quantitative estimate of drug-likeness (QED) is 0.291. The third-order valence-corrected chi connectivity index (χ3v) is 5.11. The topological polar surface area (TPSA) is 42.8 Å².